The minimum atomic E-state index is 0.557. The lowest BCUT2D eigenvalue weighted by Gasteiger charge is -2.13. The molecule has 0 rings (SSSR count). The molecule has 84 valence electrons. The molecular formula is C9H23Cl2NO. The van der Waals surface area contributed by atoms with Gasteiger partial charge in [0.1, 0.15) is 0 Å². The summed E-state index contributed by atoms with van der Waals surface area (Å²) < 4.78 is 0. The van der Waals surface area contributed by atoms with Crippen LogP contribution < -0.4 is 0 Å². The van der Waals surface area contributed by atoms with Crippen molar-refractivity contribution in [2.24, 2.45) is 0 Å². The van der Waals surface area contributed by atoms with Gasteiger partial charge in [0.2, 0.25) is 0 Å². The molecule has 0 bridgehead atoms. The molecule has 0 saturated heterocycles. The maximum Gasteiger partial charge on any atom is 0.0359 e. The Bertz CT molecular complexity index is 54.1. The summed E-state index contributed by atoms with van der Waals surface area (Å²) in [6, 6.07) is 0. The van der Waals surface area contributed by atoms with Crippen LogP contribution >= 0.6 is 23.2 Å². The summed E-state index contributed by atoms with van der Waals surface area (Å²) in [5.74, 6) is 1.11. The predicted octanol–water partition coefficient (Wildman–Crippen LogP) is 2.42. The van der Waals surface area contributed by atoms with Crippen LogP contribution in [0.15, 0.2) is 0 Å². The van der Waals surface area contributed by atoms with Crippen molar-refractivity contribution in [2.75, 3.05) is 38.5 Å². The van der Waals surface area contributed by atoms with E-state index in [9.17, 15) is 0 Å². The summed E-state index contributed by atoms with van der Waals surface area (Å²) >= 11 is 10.1. The quantitative estimate of drug-likeness (QED) is 0.752. The van der Waals surface area contributed by atoms with Crippen molar-refractivity contribution in [1.29, 1.82) is 0 Å². The normalized spacial score (nSPS) is 8.31. The molecule has 0 aromatic rings. The van der Waals surface area contributed by atoms with E-state index in [-0.39, 0.29) is 0 Å². The van der Waals surface area contributed by atoms with Gasteiger partial charge in [-0.25, -0.2) is 0 Å². The molecule has 0 unspecified atom stereocenters. The van der Waals surface area contributed by atoms with Crippen molar-refractivity contribution in [3.63, 3.8) is 0 Å². The highest BCUT2D eigenvalue weighted by Crippen LogP contribution is 1.81. The SMILES string of the molecule is CCN(CC)CC.CO.ClCCCl. The summed E-state index contributed by atoms with van der Waals surface area (Å²) in [4.78, 5) is 2.38. The average Bonchev–Trinajstić information content (AvgIpc) is 2.24. The monoisotopic (exact) mass is 231 g/mol. The maximum atomic E-state index is 7.00. The second-order valence-corrected chi connectivity index (χ2v) is 2.75. The first-order chi connectivity index (χ1) is 6.26. The lowest BCUT2D eigenvalue weighted by molar-refractivity contribution is 0.321. The maximum absolute atomic E-state index is 7.00. The first-order valence-electron chi connectivity index (χ1n) is 4.55. The van der Waals surface area contributed by atoms with Gasteiger partial charge in [0.05, 0.1) is 0 Å². The van der Waals surface area contributed by atoms with Crippen LogP contribution in [0.5, 0.6) is 0 Å². The fraction of sp³-hybridized carbons (Fsp3) is 1.00. The van der Waals surface area contributed by atoms with E-state index in [2.05, 4.69) is 25.7 Å². The molecule has 0 aromatic heterocycles. The van der Waals surface area contributed by atoms with Crippen LogP contribution in [0, 0.1) is 0 Å². The fourth-order valence-electron chi connectivity index (χ4n) is 0.671. The van der Waals surface area contributed by atoms with Crippen molar-refractivity contribution in [3.8, 4) is 0 Å². The van der Waals surface area contributed by atoms with Crippen LogP contribution in [0.3, 0.4) is 0 Å². The number of aliphatic hydroxyl groups excluding tert-OH is 1. The lowest BCUT2D eigenvalue weighted by Crippen LogP contribution is -2.21. The Morgan fingerprint density at radius 2 is 1.08 bits per heavy atom. The summed E-state index contributed by atoms with van der Waals surface area (Å²) in [7, 11) is 1.00. The highest BCUT2D eigenvalue weighted by Gasteiger charge is 1.89. The van der Waals surface area contributed by atoms with Gasteiger partial charge in [-0.2, -0.15) is 0 Å². The van der Waals surface area contributed by atoms with Gasteiger partial charge < -0.3 is 10.0 Å². The predicted molar refractivity (Wildman–Crippen MR) is 63.0 cm³/mol. The van der Waals surface area contributed by atoms with E-state index in [4.69, 9.17) is 28.3 Å². The molecule has 0 saturated carbocycles. The zero-order chi connectivity index (χ0) is 11.1. The zero-order valence-electron chi connectivity index (χ0n) is 9.19. The minimum absolute atomic E-state index is 0.557. The highest BCUT2D eigenvalue weighted by atomic mass is 35.5. The minimum Gasteiger partial charge on any atom is -0.400 e. The van der Waals surface area contributed by atoms with Crippen molar-refractivity contribution < 1.29 is 5.11 Å². The van der Waals surface area contributed by atoms with E-state index in [1.807, 2.05) is 0 Å². The molecule has 0 aliphatic rings. The summed E-state index contributed by atoms with van der Waals surface area (Å²) in [6.07, 6.45) is 0. The van der Waals surface area contributed by atoms with Gasteiger partial charge in [0.15, 0.2) is 0 Å². The molecule has 0 fully saturated rings. The summed E-state index contributed by atoms with van der Waals surface area (Å²) in [6.45, 7) is 10.1. The number of alkyl halides is 2. The van der Waals surface area contributed by atoms with Gasteiger partial charge in [-0.15, -0.1) is 23.2 Å². The second-order valence-electron chi connectivity index (χ2n) is 2.00. The van der Waals surface area contributed by atoms with Crippen LogP contribution in [0.2, 0.25) is 0 Å². The van der Waals surface area contributed by atoms with Gasteiger partial charge in [0, 0.05) is 18.9 Å². The van der Waals surface area contributed by atoms with Crippen LogP contribution in [0.4, 0.5) is 0 Å². The number of nitrogens with zero attached hydrogens (tertiary/aromatic N) is 1. The fourth-order valence-corrected chi connectivity index (χ4v) is 0.671. The number of rotatable bonds is 4. The lowest BCUT2D eigenvalue weighted by atomic mass is 10.5. The Kier molecular flexibility index (Phi) is 33.7. The molecular weight excluding hydrogens is 209 g/mol. The first-order valence-corrected chi connectivity index (χ1v) is 5.62. The molecule has 0 spiro atoms. The van der Waals surface area contributed by atoms with E-state index in [0.29, 0.717) is 11.8 Å². The third kappa shape index (κ3) is 24.5. The Labute approximate surface area is 92.8 Å². The van der Waals surface area contributed by atoms with Gasteiger partial charge in [-0.1, -0.05) is 20.8 Å². The average molecular weight is 232 g/mol. The molecule has 2 nitrogen and oxygen atoms in total. The third-order valence-electron chi connectivity index (χ3n) is 1.41. The second kappa shape index (κ2) is 22.9. The van der Waals surface area contributed by atoms with E-state index in [1.54, 1.807) is 0 Å². The Hall–Kier alpha value is 0.500. The molecule has 13 heavy (non-hydrogen) atoms. The summed E-state index contributed by atoms with van der Waals surface area (Å²) in [5, 5.41) is 7.00. The first kappa shape index (κ1) is 19.1. The molecule has 0 aliphatic heterocycles. The molecule has 1 N–H and O–H groups in total. The van der Waals surface area contributed by atoms with Gasteiger partial charge >= 0.3 is 0 Å². The Morgan fingerprint density at radius 1 is 0.846 bits per heavy atom. The van der Waals surface area contributed by atoms with E-state index < -0.39 is 0 Å². The number of hydrogen-bond donors (Lipinski definition) is 1. The zero-order valence-corrected chi connectivity index (χ0v) is 10.7. The standard InChI is InChI=1S/C6H15N.C2H4Cl2.CH4O/c1-4-7(5-2)6-3;3-1-2-4;1-2/h4-6H2,1-3H3;1-2H2;2H,1H3. The van der Waals surface area contributed by atoms with E-state index in [0.717, 1.165) is 7.11 Å². The molecule has 0 aromatic carbocycles. The van der Waals surface area contributed by atoms with Crippen LogP contribution in [-0.4, -0.2) is 48.5 Å². The van der Waals surface area contributed by atoms with Crippen molar-refractivity contribution in [2.45, 2.75) is 20.8 Å². The van der Waals surface area contributed by atoms with Gasteiger partial charge in [-0.3, -0.25) is 0 Å². The topological polar surface area (TPSA) is 23.5 Å². The molecule has 0 atom stereocenters. The Morgan fingerprint density at radius 3 is 1.08 bits per heavy atom. The van der Waals surface area contributed by atoms with Crippen LogP contribution in [-0.2, 0) is 0 Å². The smallest absolute Gasteiger partial charge is 0.0359 e. The van der Waals surface area contributed by atoms with Crippen molar-refractivity contribution in [3.05, 3.63) is 0 Å². The number of halogens is 2. The van der Waals surface area contributed by atoms with E-state index >= 15 is 0 Å². The van der Waals surface area contributed by atoms with Gasteiger partial charge in [0.25, 0.3) is 0 Å². The number of hydrogen-bond acceptors (Lipinski definition) is 2. The molecule has 0 aliphatic carbocycles. The molecule has 0 heterocycles. The molecule has 0 amide bonds. The van der Waals surface area contributed by atoms with Crippen molar-refractivity contribution >= 4 is 23.2 Å². The molecule has 0 radical (unpaired) electrons. The molecule has 4 heteroatoms. The number of aliphatic hydroxyl groups is 1. The third-order valence-corrected chi connectivity index (χ3v) is 1.98. The van der Waals surface area contributed by atoms with Crippen LogP contribution in [0.25, 0.3) is 0 Å². The van der Waals surface area contributed by atoms with Crippen LogP contribution in [0.1, 0.15) is 20.8 Å². The largest absolute Gasteiger partial charge is 0.400 e. The van der Waals surface area contributed by atoms with Gasteiger partial charge in [-0.05, 0) is 19.6 Å². The Balaban J connectivity index is -0.000000142. The van der Waals surface area contributed by atoms with E-state index in [1.165, 1.54) is 19.6 Å². The van der Waals surface area contributed by atoms with Crippen molar-refractivity contribution in [1.82, 2.24) is 4.90 Å². The summed E-state index contributed by atoms with van der Waals surface area (Å²) in [5.41, 5.74) is 0. The highest BCUT2D eigenvalue weighted by molar-refractivity contribution is 6.25.